The number of hydrogen-bond acceptors (Lipinski definition) is 4. The summed E-state index contributed by atoms with van der Waals surface area (Å²) < 4.78 is 24.6. The Labute approximate surface area is 129 Å². The molecule has 122 valence electrons. The molecular formula is C15H29N3O2S. The number of nitrogens with one attached hydrogen (secondary N) is 1. The van der Waals surface area contributed by atoms with Crippen LogP contribution in [-0.2, 0) is 35.6 Å². The Bertz CT molecular complexity index is 535. The van der Waals surface area contributed by atoms with Gasteiger partial charge >= 0.3 is 0 Å². The van der Waals surface area contributed by atoms with Crippen LogP contribution in [0.4, 0.5) is 0 Å². The van der Waals surface area contributed by atoms with Crippen LogP contribution < -0.4 is 5.32 Å². The minimum absolute atomic E-state index is 0.151. The van der Waals surface area contributed by atoms with E-state index >= 15 is 0 Å². The standard InChI is InChI=1S/C15H29N3O2S/c1-5-9-16-10-8-13-14(6-2)17-18(15(13)7-3)11-12-21(4,19)20/h16H,5-12H2,1-4H3. The maximum atomic E-state index is 11.4. The molecule has 1 aromatic rings. The second-order valence-electron chi connectivity index (χ2n) is 5.43. The summed E-state index contributed by atoms with van der Waals surface area (Å²) >= 11 is 0. The van der Waals surface area contributed by atoms with Crippen LogP contribution in [0.5, 0.6) is 0 Å². The van der Waals surface area contributed by atoms with Gasteiger partial charge in [0.2, 0.25) is 0 Å². The Morgan fingerprint density at radius 1 is 1.14 bits per heavy atom. The second kappa shape index (κ2) is 8.54. The van der Waals surface area contributed by atoms with Gasteiger partial charge in [-0.25, -0.2) is 8.42 Å². The summed E-state index contributed by atoms with van der Waals surface area (Å²) in [6.45, 7) is 8.81. The van der Waals surface area contributed by atoms with Crippen molar-refractivity contribution in [2.75, 3.05) is 25.1 Å². The third-order valence-electron chi connectivity index (χ3n) is 3.57. The zero-order chi connectivity index (χ0) is 15.9. The Hall–Kier alpha value is -0.880. The molecule has 0 aliphatic rings. The van der Waals surface area contributed by atoms with Crippen LogP contribution in [0.15, 0.2) is 0 Å². The van der Waals surface area contributed by atoms with Crippen molar-refractivity contribution >= 4 is 9.84 Å². The van der Waals surface area contributed by atoms with Crippen LogP contribution in [-0.4, -0.2) is 43.3 Å². The fraction of sp³-hybridized carbons (Fsp3) is 0.800. The quantitative estimate of drug-likeness (QED) is 0.666. The van der Waals surface area contributed by atoms with E-state index in [4.69, 9.17) is 0 Å². The van der Waals surface area contributed by atoms with Gasteiger partial charge in [0.25, 0.3) is 0 Å². The van der Waals surface area contributed by atoms with Gasteiger partial charge in [-0.15, -0.1) is 0 Å². The third kappa shape index (κ3) is 5.79. The normalized spacial score (nSPS) is 12.0. The smallest absolute Gasteiger partial charge is 0.149 e. The average Bonchev–Trinajstić information content (AvgIpc) is 2.77. The molecule has 1 N–H and O–H groups in total. The van der Waals surface area contributed by atoms with Crippen molar-refractivity contribution in [3.8, 4) is 0 Å². The molecule has 0 fully saturated rings. The van der Waals surface area contributed by atoms with Crippen molar-refractivity contribution in [2.24, 2.45) is 0 Å². The van der Waals surface area contributed by atoms with Gasteiger partial charge in [-0.2, -0.15) is 5.10 Å². The molecule has 1 rings (SSSR count). The third-order valence-corrected chi connectivity index (χ3v) is 4.50. The van der Waals surface area contributed by atoms with E-state index in [0.717, 1.165) is 44.5 Å². The van der Waals surface area contributed by atoms with Crippen molar-refractivity contribution in [1.82, 2.24) is 15.1 Å². The topological polar surface area (TPSA) is 64.0 Å². The summed E-state index contributed by atoms with van der Waals surface area (Å²) in [6.07, 6.45) is 5.15. The highest BCUT2D eigenvalue weighted by Crippen LogP contribution is 2.17. The molecule has 0 aliphatic heterocycles. The summed E-state index contributed by atoms with van der Waals surface area (Å²) in [5.41, 5.74) is 3.60. The molecule has 0 amide bonds. The number of aromatic nitrogens is 2. The number of hydrogen-bond donors (Lipinski definition) is 1. The number of sulfone groups is 1. The van der Waals surface area contributed by atoms with E-state index in [0.29, 0.717) is 6.54 Å². The predicted molar refractivity (Wildman–Crippen MR) is 87.6 cm³/mol. The molecule has 0 saturated heterocycles. The minimum Gasteiger partial charge on any atom is -0.316 e. The van der Waals surface area contributed by atoms with E-state index in [1.165, 1.54) is 17.5 Å². The summed E-state index contributed by atoms with van der Waals surface area (Å²) in [4.78, 5) is 0. The van der Waals surface area contributed by atoms with Gasteiger partial charge < -0.3 is 5.32 Å². The van der Waals surface area contributed by atoms with E-state index in [1.807, 2.05) is 4.68 Å². The molecule has 0 bridgehead atoms. The van der Waals surface area contributed by atoms with Crippen LogP contribution in [0.2, 0.25) is 0 Å². The van der Waals surface area contributed by atoms with Crippen LogP contribution in [0.25, 0.3) is 0 Å². The molecule has 0 aliphatic carbocycles. The predicted octanol–water partition coefficient (Wildman–Crippen LogP) is 1.59. The highest BCUT2D eigenvalue weighted by Gasteiger charge is 2.16. The summed E-state index contributed by atoms with van der Waals surface area (Å²) in [7, 11) is -2.96. The maximum absolute atomic E-state index is 11.4. The van der Waals surface area contributed by atoms with Crippen LogP contribution >= 0.6 is 0 Å². The van der Waals surface area contributed by atoms with E-state index in [1.54, 1.807) is 0 Å². The molecule has 0 spiro atoms. The van der Waals surface area contributed by atoms with Crippen molar-refractivity contribution < 1.29 is 8.42 Å². The summed E-state index contributed by atoms with van der Waals surface area (Å²) in [5, 5.41) is 8.04. The van der Waals surface area contributed by atoms with Gasteiger partial charge in [0.15, 0.2) is 0 Å². The molecule has 6 heteroatoms. The average molecular weight is 315 g/mol. The largest absolute Gasteiger partial charge is 0.316 e. The van der Waals surface area contributed by atoms with Crippen molar-refractivity contribution in [2.45, 2.75) is 53.0 Å². The van der Waals surface area contributed by atoms with Crippen molar-refractivity contribution in [3.63, 3.8) is 0 Å². The molecule has 1 aromatic heterocycles. The zero-order valence-corrected chi connectivity index (χ0v) is 14.6. The first-order valence-corrected chi connectivity index (χ1v) is 9.94. The number of rotatable bonds is 10. The molecule has 0 unspecified atom stereocenters. The molecule has 0 saturated carbocycles. The Balaban J connectivity index is 2.87. The highest BCUT2D eigenvalue weighted by atomic mass is 32.2. The van der Waals surface area contributed by atoms with Gasteiger partial charge in [0, 0.05) is 11.9 Å². The van der Waals surface area contributed by atoms with Crippen molar-refractivity contribution in [1.29, 1.82) is 0 Å². The molecule has 0 atom stereocenters. The molecule has 5 nitrogen and oxygen atoms in total. The second-order valence-corrected chi connectivity index (χ2v) is 7.69. The molecular weight excluding hydrogens is 286 g/mol. The first-order valence-electron chi connectivity index (χ1n) is 7.88. The van der Waals surface area contributed by atoms with Crippen LogP contribution in [0.3, 0.4) is 0 Å². The van der Waals surface area contributed by atoms with Gasteiger partial charge in [0.1, 0.15) is 9.84 Å². The van der Waals surface area contributed by atoms with E-state index in [9.17, 15) is 8.42 Å². The van der Waals surface area contributed by atoms with Crippen LogP contribution in [0.1, 0.15) is 44.1 Å². The summed E-state index contributed by atoms with van der Waals surface area (Å²) in [6, 6.07) is 0. The van der Waals surface area contributed by atoms with Gasteiger partial charge in [-0.3, -0.25) is 4.68 Å². The van der Waals surface area contributed by atoms with E-state index in [-0.39, 0.29) is 5.75 Å². The van der Waals surface area contributed by atoms with Gasteiger partial charge in [-0.1, -0.05) is 20.8 Å². The lowest BCUT2D eigenvalue weighted by Gasteiger charge is -2.08. The first kappa shape index (κ1) is 18.2. The van der Waals surface area contributed by atoms with E-state index < -0.39 is 9.84 Å². The SMILES string of the molecule is CCCNCCc1c(CC)nn(CCS(C)(=O)=O)c1CC. The lowest BCUT2D eigenvalue weighted by Crippen LogP contribution is -2.19. The van der Waals surface area contributed by atoms with Gasteiger partial charge in [0.05, 0.1) is 18.0 Å². The number of aryl methyl sites for hydroxylation is 2. The zero-order valence-electron chi connectivity index (χ0n) is 13.8. The first-order chi connectivity index (χ1) is 9.92. The van der Waals surface area contributed by atoms with Gasteiger partial charge in [-0.05, 0) is 44.3 Å². The van der Waals surface area contributed by atoms with Crippen LogP contribution in [0, 0.1) is 0 Å². The van der Waals surface area contributed by atoms with Crippen molar-refractivity contribution in [3.05, 3.63) is 17.0 Å². The Kier molecular flexibility index (Phi) is 7.39. The highest BCUT2D eigenvalue weighted by molar-refractivity contribution is 7.90. The fourth-order valence-corrected chi connectivity index (χ4v) is 3.01. The Morgan fingerprint density at radius 2 is 1.86 bits per heavy atom. The molecule has 21 heavy (non-hydrogen) atoms. The monoisotopic (exact) mass is 315 g/mol. The summed E-state index contributed by atoms with van der Waals surface area (Å²) in [5.74, 6) is 0.151. The lowest BCUT2D eigenvalue weighted by atomic mass is 10.1. The fourth-order valence-electron chi connectivity index (χ4n) is 2.51. The maximum Gasteiger partial charge on any atom is 0.149 e. The number of nitrogens with zero attached hydrogens (tertiary/aromatic N) is 2. The minimum atomic E-state index is -2.96. The van der Waals surface area contributed by atoms with E-state index in [2.05, 4.69) is 31.2 Å². The molecule has 0 aromatic carbocycles. The lowest BCUT2D eigenvalue weighted by molar-refractivity contribution is 0.576. The Morgan fingerprint density at radius 3 is 2.38 bits per heavy atom. The molecule has 1 heterocycles. The molecule has 0 radical (unpaired) electrons.